The van der Waals surface area contributed by atoms with Crippen LogP contribution in [0.3, 0.4) is 0 Å². The molecule has 19 heavy (non-hydrogen) atoms. The number of nitrogens with zero attached hydrogens (tertiary/aromatic N) is 2. The lowest BCUT2D eigenvalue weighted by Crippen LogP contribution is -2.15. The first-order valence-corrected chi connectivity index (χ1v) is 6.21. The summed E-state index contributed by atoms with van der Waals surface area (Å²) in [6.45, 7) is 5.87. The molecule has 0 amide bonds. The molecule has 1 atom stereocenters. The zero-order chi connectivity index (χ0) is 14.2. The van der Waals surface area contributed by atoms with Gasteiger partial charge in [-0.1, -0.05) is 43.6 Å². The van der Waals surface area contributed by atoms with Crippen LogP contribution in [0.1, 0.15) is 44.1 Å². The molecule has 0 aliphatic heterocycles. The molecular weight excluding hydrogens is 269 g/mol. The molecule has 2 N–H and O–H groups in total. The van der Waals surface area contributed by atoms with E-state index >= 15 is 0 Å². The molecule has 0 fully saturated rings. The summed E-state index contributed by atoms with van der Waals surface area (Å²) in [6.07, 6.45) is 0. The standard InChI is InChI=1S/C13H15ClFN3O/c1-13(2,3)12-17-11(18-19-12)10(16)7-4-5-8(14)9(15)6-7/h4-6,10H,16H2,1-3H3. The third-order valence-electron chi connectivity index (χ3n) is 2.66. The Hall–Kier alpha value is -1.46. The molecule has 2 rings (SSSR count). The maximum Gasteiger partial charge on any atom is 0.232 e. The van der Waals surface area contributed by atoms with Gasteiger partial charge in [-0.25, -0.2) is 4.39 Å². The molecular formula is C13H15ClFN3O. The number of halogens is 2. The van der Waals surface area contributed by atoms with Gasteiger partial charge in [-0.3, -0.25) is 0 Å². The Morgan fingerprint density at radius 3 is 2.58 bits per heavy atom. The van der Waals surface area contributed by atoms with Crippen LogP contribution in [0.5, 0.6) is 0 Å². The molecule has 2 aromatic rings. The van der Waals surface area contributed by atoms with Gasteiger partial charge in [-0.05, 0) is 17.7 Å². The minimum atomic E-state index is -0.647. The summed E-state index contributed by atoms with van der Waals surface area (Å²) in [4.78, 5) is 4.25. The first-order valence-electron chi connectivity index (χ1n) is 5.83. The van der Waals surface area contributed by atoms with E-state index in [4.69, 9.17) is 21.9 Å². The maximum atomic E-state index is 13.4. The Bertz CT molecular complexity index is 592. The monoisotopic (exact) mass is 283 g/mol. The number of hydrogen-bond donors (Lipinski definition) is 1. The van der Waals surface area contributed by atoms with Gasteiger partial charge >= 0.3 is 0 Å². The summed E-state index contributed by atoms with van der Waals surface area (Å²) in [5, 5.41) is 3.90. The molecule has 0 aliphatic carbocycles. The van der Waals surface area contributed by atoms with Gasteiger partial charge in [-0.2, -0.15) is 4.98 Å². The van der Waals surface area contributed by atoms with E-state index in [1.54, 1.807) is 6.07 Å². The highest BCUT2D eigenvalue weighted by molar-refractivity contribution is 6.30. The second-order valence-electron chi connectivity index (χ2n) is 5.36. The van der Waals surface area contributed by atoms with Gasteiger partial charge < -0.3 is 10.3 Å². The van der Waals surface area contributed by atoms with Crippen LogP contribution in [0.4, 0.5) is 4.39 Å². The quantitative estimate of drug-likeness (QED) is 0.919. The Morgan fingerprint density at radius 2 is 2.05 bits per heavy atom. The SMILES string of the molecule is CC(C)(C)c1nc(C(N)c2ccc(Cl)c(F)c2)no1. The first kappa shape index (κ1) is 14.0. The molecule has 6 heteroatoms. The van der Waals surface area contributed by atoms with Gasteiger partial charge in [0.15, 0.2) is 5.82 Å². The van der Waals surface area contributed by atoms with Crippen LogP contribution >= 0.6 is 11.6 Å². The van der Waals surface area contributed by atoms with Crippen molar-refractivity contribution in [2.24, 2.45) is 5.73 Å². The van der Waals surface area contributed by atoms with Gasteiger partial charge in [-0.15, -0.1) is 0 Å². The van der Waals surface area contributed by atoms with Crippen molar-refractivity contribution in [2.45, 2.75) is 32.2 Å². The third kappa shape index (κ3) is 2.93. The molecule has 0 aliphatic rings. The minimum Gasteiger partial charge on any atom is -0.339 e. The highest BCUT2D eigenvalue weighted by Crippen LogP contribution is 2.25. The number of nitrogens with two attached hydrogens (primary N) is 1. The fraction of sp³-hybridized carbons (Fsp3) is 0.385. The molecule has 1 unspecified atom stereocenters. The van der Waals surface area contributed by atoms with Gasteiger partial charge in [0.1, 0.15) is 5.82 Å². The fourth-order valence-corrected chi connectivity index (χ4v) is 1.64. The number of hydrogen-bond acceptors (Lipinski definition) is 4. The minimum absolute atomic E-state index is 0.0550. The lowest BCUT2D eigenvalue weighted by atomic mass is 9.97. The fourth-order valence-electron chi connectivity index (χ4n) is 1.52. The van der Waals surface area contributed by atoms with E-state index in [1.165, 1.54) is 12.1 Å². The molecule has 1 aromatic heterocycles. The predicted molar refractivity (Wildman–Crippen MR) is 70.4 cm³/mol. The maximum absolute atomic E-state index is 13.4. The van der Waals surface area contributed by atoms with Crippen molar-refractivity contribution < 1.29 is 8.91 Å². The molecule has 0 saturated heterocycles. The molecule has 0 saturated carbocycles. The second kappa shape index (κ2) is 4.90. The third-order valence-corrected chi connectivity index (χ3v) is 2.97. The van der Waals surface area contributed by atoms with Crippen molar-refractivity contribution in [3.8, 4) is 0 Å². The predicted octanol–water partition coefficient (Wildman–Crippen LogP) is 3.21. The zero-order valence-corrected chi connectivity index (χ0v) is 11.7. The van der Waals surface area contributed by atoms with E-state index in [0.29, 0.717) is 17.3 Å². The van der Waals surface area contributed by atoms with E-state index in [9.17, 15) is 4.39 Å². The summed E-state index contributed by atoms with van der Waals surface area (Å²) in [6, 6.07) is 3.73. The normalized spacial score (nSPS) is 13.6. The molecule has 0 bridgehead atoms. The van der Waals surface area contributed by atoms with Crippen molar-refractivity contribution in [3.63, 3.8) is 0 Å². The molecule has 0 radical (unpaired) electrons. The van der Waals surface area contributed by atoms with Crippen LogP contribution in [-0.4, -0.2) is 10.1 Å². The Balaban J connectivity index is 2.31. The van der Waals surface area contributed by atoms with Gasteiger partial charge in [0.2, 0.25) is 5.89 Å². The van der Waals surface area contributed by atoms with Crippen molar-refractivity contribution in [3.05, 3.63) is 46.3 Å². The largest absolute Gasteiger partial charge is 0.339 e. The average molecular weight is 284 g/mol. The number of aromatic nitrogens is 2. The average Bonchev–Trinajstić information content (AvgIpc) is 2.81. The summed E-state index contributed by atoms with van der Waals surface area (Å²) < 4.78 is 18.6. The number of benzene rings is 1. The van der Waals surface area contributed by atoms with Crippen LogP contribution in [0.15, 0.2) is 22.7 Å². The van der Waals surface area contributed by atoms with E-state index < -0.39 is 11.9 Å². The van der Waals surface area contributed by atoms with Gasteiger partial charge in [0, 0.05) is 5.41 Å². The summed E-state index contributed by atoms with van der Waals surface area (Å²) in [7, 11) is 0. The summed E-state index contributed by atoms with van der Waals surface area (Å²) in [5.74, 6) is 0.299. The van der Waals surface area contributed by atoms with Crippen LogP contribution < -0.4 is 5.73 Å². The lowest BCUT2D eigenvalue weighted by Gasteiger charge is -2.11. The molecule has 102 valence electrons. The van der Waals surface area contributed by atoms with Gasteiger partial charge in [0.05, 0.1) is 11.1 Å². The van der Waals surface area contributed by atoms with E-state index in [2.05, 4.69) is 10.1 Å². The van der Waals surface area contributed by atoms with Crippen molar-refractivity contribution in [1.29, 1.82) is 0 Å². The molecule has 0 spiro atoms. The van der Waals surface area contributed by atoms with Crippen LogP contribution in [0.2, 0.25) is 5.02 Å². The first-order chi connectivity index (χ1) is 8.79. The number of rotatable bonds is 2. The highest BCUT2D eigenvalue weighted by atomic mass is 35.5. The van der Waals surface area contributed by atoms with Crippen molar-refractivity contribution in [2.75, 3.05) is 0 Å². The second-order valence-corrected chi connectivity index (χ2v) is 5.77. The topological polar surface area (TPSA) is 64.9 Å². The molecule has 1 heterocycles. The van der Waals surface area contributed by atoms with Crippen molar-refractivity contribution >= 4 is 11.6 Å². The Morgan fingerprint density at radius 1 is 1.37 bits per heavy atom. The molecule has 4 nitrogen and oxygen atoms in total. The molecule has 1 aromatic carbocycles. The van der Waals surface area contributed by atoms with Crippen LogP contribution in [-0.2, 0) is 5.41 Å². The Kier molecular flexibility index (Phi) is 3.60. The smallest absolute Gasteiger partial charge is 0.232 e. The van der Waals surface area contributed by atoms with E-state index in [1.807, 2.05) is 20.8 Å². The van der Waals surface area contributed by atoms with E-state index in [-0.39, 0.29) is 10.4 Å². The van der Waals surface area contributed by atoms with Crippen LogP contribution in [0, 0.1) is 5.82 Å². The Labute approximate surface area is 115 Å². The summed E-state index contributed by atoms with van der Waals surface area (Å²) in [5.41, 5.74) is 6.29. The lowest BCUT2D eigenvalue weighted by molar-refractivity contribution is 0.317. The highest BCUT2D eigenvalue weighted by Gasteiger charge is 2.24. The van der Waals surface area contributed by atoms with E-state index in [0.717, 1.165) is 0 Å². The zero-order valence-electron chi connectivity index (χ0n) is 10.9. The van der Waals surface area contributed by atoms with Gasteiger partial charge in [0.25, 0.3) is 0 Å². The van der Waals surface area contributed by atoms with Crippen LogP contribution in [0.25, 0.3) is 0 Å². The summed E-state index contributed by atoms with van der Waals surface area (Å²) >= 11 is 5.63. The van der Waals surface area contributed by atoms with Crippen molar-refractivity contribution in [1.82, 2.24) is 10.1 Å².